The van der Waals surface area contributed by atoms with Crippen molar-refractivity contribution in [3.8, 4) is 0 Å². The lowest BCUT2D eigenvalue weighted by molar-refractivity contribution is -0.198. The zero-order chi connectivity index (χ0) is 20.9. The van der Waals surface area contributed by atoms with Crippen LogP contribution in [-0.4, -0.2) is 48.7 Å². The predicted octanol–water partition coefficient (Wildman–Crippen LogP) is 3.71. The molecule has 2 heterocycles. The summed E-state index contributed by atoms with van der Waals surface area (Å²) in [5.74, 6) is 0.343. The molecule has 2 aliphatic rings. The number of carbonyl (C=O) groups is 1. The maximum absolute atomic E-state index is 12.5. The molecule has 0 amide bonds. The summed E-state index contributed by atoms with van der Waals surface area (Å²) in [6.07, 6.45) is -2.92. The molecule has 2 aliphatic heterocycles. The van der Waals surface area contributed by atoms with Gasteiger partial charge in [-0.2, -0.15) is 0 Å². The molecule has 160 valence electrons. The van der Waals surface area contributed by atoms with Crippen LogP contribution < -0.4 is 0 Å². The molecule has 7 heteroatoms. The standard InChI is InChI=1S/C23H26O6S/c1-3-30-23-20(26-14-15-10-6-4-7-11-15)18-17(19(29-23)21(24)25-2)27-22(28-18)16-12-8-5-9-13-16/h4-13,17-20,22-23H,3,14H2,1-2H3/t17-,18+,19?,20?,22+,23+/m1/s1. The third-order valence-electron chi connectivity index (χ3n) is 5.18. The Bertz CT molecular complexity index is 817. The maximum Gasteiger partial charge on any atom is 0.337 e. The molecule has 0 spiro atoms. The third-order valence-corrected chi connectivity index (χ3v) is 6.22. The van der Waals surface area contributed by atoms with Crippen LogP contribution in [0, 0.1) is 0 Å². The Morgan fingerprint density at radius 1 is 0.967 bits per heavy atom. The van der Waals surface area contributed by atoms with E-state index >= 15 is 0 Å². The fraction of sp³-hybridized carbons (Fsp3) is 0.435. The quantitative estimate of drug-likeness (QED) is 0.621. The summed E-state index contributed by atoms with van der Waals surface area (Å²) in [5.41, 5.74) is 1.57. The number of rotatable bonds is 7. The highest BCUT2D eigenvalue weighted by molar-refractivity contribution is 7.99. The summed E-state index contributed by atoms with van der Waals surface area (Å²) in [4.78, 5) is 12.5. The van der Waals surface area contributed by atoms with Crippen LogP contribution in [0.3, 0.4) is 0 Å². The first-order valence-corrected chi connectivity index (χ1v) is 11.1. The van der Waals surface area contributed by atoms with E-state index in [1.165, 1.54) is 7.11 Å². The second kappa shape index (κ2) is 9.94. The fourth-order valence-electron chi connectivity index (χ4n) is 3.75. The second-order valence-corrected chi connectivity index (χ2v) is 8.48. The monoisotopic (exact) mass is 430 g/mol. The minimum absolute atomic E-state index is 0.373. The van der Waals surface area contributed by atoms with Gasteiger partial charge in [-0.25, -0.2) is 4.79 Å². The molecule has 2 aromatic rings. The first-order chi connectivity index (χ1) is 14.7. The zero-order valence-electron chi connectivity index (χ0n) is 17.0. The van der Waals surface area contributed by atoms with E-state index in [0.717, 1.165) is 16.9 Å². The van der Waals surface area contributed by atoms with Crippen molar-refractivity contribution < 1.29 is 28.5 Å². The van der Waals surface area contributed by atoms with Crippen LogP contribution in [0.4, 0.5) is 0 Å². The summed E-state index contributed by atoms with van der Waals surface area (Å²) in [7, 11) is 1.35. The van der Waals surface area contributed by atoms with Gasteiger partial charge >= 0.3 is 5.97 Å². The first kappa shape index (κ1) is 21.3. The van der Waals surface area contributed by atoms with Gasteiger partial charge in [0.05, 0.1) is 13.7 Å². The number of ether oxygens (including phenoxy) is 5. The molecule has 2 fully saturated rings. The molecule has 6 nitrogen and oxygen atoms in total. The van der Waals surface area contributed by atoms with Crippen LogP contribution in [0.15, 0.2) is 60.7 Å². The van der Waals surface area contributed by atoms with E-state index in [4.69, 9.17) is 23.7 Å². The number of hydrogen-bond acceptors (Lipinski definition) is 7. The van der Waals surface area contributed by atoms with Gasteiger partial charge in [-0.05, 0) is 11.3 Å². The largest absolute Gasteiger partial charge is 0.467 e. The molecule has 0 bridgehead atoms. The van der Waals surface area contributed by atoms with Crippen LogP contribution >= 0.6 is 11.8 Å². The van der Waals surface area contributed by atoms with E-state index in [9.17, 15) is 4.79 Å². The summed E-state index contributed by atoms with van der Waals surface area (Å²) in [6, 6.07) is 19.6. The van der Waals surface area contributed by atoms with Gasteiger partial charge in [0.15, 0.2) is 12.4 Å². The Labute approximate surface area is 180 Å². The Morgan fingerprint density at radius 3 is 2.30 bits per heavy atom. The summed E-state index contributed by atoms with van der Waals surface area (Å²) >= 11 is 1.58. The smallest absolute Gasteiger partial charge is 0.337 e. The highest BCUT2D eigenvalue weighted by atomic mass is 32.2. The molecule has 2 unspecified atom stereocenters. The van der Waals surface area contributed by atoms with Gasteiger partial charge in [-0.1, -0.05) is 67.6 Å². The molecule has 6 atom stereocenters. The van der Waals surface area contributed by atoms with E-state index in [1.54, 1.807) is 11.8 Å². The van der Waals surface area contributed by atoms with Crippen molar-refractivity contribution in [2.75, 3.05) is 12.9 Å². The number of esters is 1. The lowest BCUT2D eigenvalue weighted by atomic mass is 9.99. The average Bonchev–Trinajstić information content (AvgIpc) is 3.24. The molecular formula is C23H26O6S. The van der Waals surface area contributed by atoms with Crippen LogP contribution in [0.2, 0.25) is 0 Å². The molecule has 2 aromatic carbocycles. The Kier molecular flexibility index (Phi) is 7.07. The van der Waals surface area contributed by atoms with Crippen molar-refractivity contribution in [3.05, 3.63) is 71.8 Å². The molecule has 0 aromatic heterocycles. The molecule has 0 N–H and O–H groups in total. The Morgan fingerprint density at radius 2 is 1.63 bits per heavy atom. The van der Waals surface area contributed by atoms with Gasteiger partial charge < -0.3 is 23.7 Å². The van der Waals surface area contributed by atoms with E-state index in [1.807, 2.05) is 67.6 Å². The minimum Gasteiger partial charge on any atom is -0.467 e. The summed E-state index contributed by atoms with van der Waals surface area (Å²) in [5, 5.41) is 0. The van der Waals surface area contributed by atoms with Crippen molar-refractivity contribution >= 4 is 17.7 Å². The van der Waals surface area contributed by atoms with Crippen LogP contribution in [0.5, 0.6) is 0 Å². The number of thioether (sulfide) groups is 1. The van der Waals surface area contributed by atoms with Crippen molar-refractivity contribution in [1.82, 2.24) is 0 Å². The number of fused-ring (bicyclic) bond motifs is 1. The first-order valence-electron chi connectivity index (χ1n) is 10.1. The second-order valence-electron chi connectivity index (χ2n) is 7.11. The van der Waals surface area contributed by atoms with Gasteiger partial charge in [-0.3, -0.25) is 0 Å². The van der Waals surface area contributed by atoms with Crippen molar-refractivity contribution in [2.45, 2.75) is 49.7 Å². The number of methoxy groups -OCH3 is 1. The van der Waals surface area contributed by atoms with Crippen LogP contribution in [0.25, 0.3) is 0 Å². The summed E-state index contributed by atoms with van der Waals surface area (Å²) < 4.78 is 29.9. The third kappa shape index (κ3) is 4.55. The lowest BCUT2D eigenvalue weighted by Gasteiger charge is -2.40. The topological polar surface area (TPSA) is 63.2 Å². The molecule has 0 aliphatic carbocycles. The summed E-state index contributed by atoms with van der Waals surface area (Å²) in [6.45, 7) is 2.46. The minimum atomic E-state index is -0.866. The zero-order valence-corrected chi connectivity index (χ0v) is 17.8. The molecule has 0 saturated carbocycles. The Hall–Kier alpha value is -1.90. The van der Waals surface area contributed by atoms with Gasteiger partial charge in [0.25, 0.3) is 0 Å². The molecular weight excluding hydrogens is 404 g/mol. The van der Waals surface area contributed by atoms with Gasteiger partial charge in [0.2, 0.25) is 0 Å². The van der Waals surface area contributed by atoms with Crippen LogP contribution in [0.1, 0.15) is 24.3 Å². The van der Waals surface area contributed by atoms with E-state index < -0.39 is 36.7 Å². The van der Waals surface area contributed by atoms with Crippen molar-refractivity contribution in [3.63, 3.8) is 0 Å². The average molecular weight is 431 g/mol. The predicted molar refractivity (Wildman–Crippen MR) is 113 cm³/mol. The van der Waals surface area contributed by atoms with Crippen LogP contribution in [-0.2, 0) is 35.1 Å². The molecule has 2 saturated heterocycles. The fourth-order valence-corrected chi connectivity index (χ4v) is 4.70. The number of hydrogen-bond donors (Lipinski definition) is 0. The highest BCUT2D eigenvalue weighted by Gasteiger charge is 2.56. The Balaban J connectivity index is 1.59. The molecule has 4 rings (SSSR count). The lowest BCUT2D eigenvalue weighted by Crippen LogP contribution is -2.58. The van der Waals surface area contributed by atoms with Gasteiger partial charge in [0, 0.05) is 5.56 Å². The van der Waals surface area contributed by atoms with Crippen molar-refractivity contribution in [1.29, 1.82) is 0 Å². The van der Waals surface area contributed by atoms with E-state index in [2.05, 4.69) is 0 Å². The normalized spacial score (nSPS) is 30.6. The number of carbonyl (C=O) groups excluding carboxylic acids is 1. The highest BCUT2D eigenvalue weighted by Crippen LogP contribution is 2.42. The number of benzene rings is 2. The van der Waals surface area contributed by atoms with E-state index in [0.29, 0.717) is 6.61 Å². The molecule has 30 heavy (non-hydrogen) atoms. The van der Waals surface area contributed by atoms with E-state index in [-0.39, 0.29) is 5.44 Å². The van der Waals surface area contributed by atoms with Gasteiger partial charge in [0.1, 0.15) is 23.7 Å². The van der Waals surface area contributed by atoms with Gasteiger partial charge in [-0.15, -0.1) is 11.8 Å². The SMILES string of the molecule is CCS[C@@H]1OC(C(=O)OC)[C@@H]2O[C@H](c3ccccc3)O[C@@H]2C1OCc1ccccc1. The maximum atomic E-state index is 12.5. The molecule has 0 radical (unpaired) electrons. The van der Waals surface area contributed by atoms with Crippen molar-refractivity contribution in [2.24, 2.45) is 0 Å².